The van der Waals surface area contributed by atoms with Crippen LogP contribution in [0.15, 0.2) is 24.8 Å². The van der Waals surface area contributed by atoms with E-state index in [2.05, 4.69) is 11.6 Å². The zero-order valence-corrected chi connectivity index (χ0v) is 7.12. The first-order valence-corrected chi connectivity index (χ1v) is 3.76. The number of nitrogens with zero attached hydrogens (tertiary/aromatic N) is 1. The zero-order chi connectivity index (χ0) is 9.14. The number of nitrogens with two attached hydrogens (primary N) is 1. The molecule has 0 aliphatic rings. The fraction of sp³-hybridized carbons (Fsp3) is 0.125. The van der Waals surface area contributed by atoms with E-state index in [4.69, 9.17) is 22.4 Å². The van der Waals surface area contributed by atoms with Crippen molar-refractivity contribution in [2.24, 2.45) is 5.73 Å². The third kappa shape index (κ3) is 1.75. The Bertz CT molecular complexity index is 301. The summed E-state index contributed by atoms with van der Waals surface area (Å²) in [6.45, 7) is 3.52. The minimum Gasteiger partial charge on any atom is -0.505 e. The molecule has 1 aromatic rings. The number of hydrogen-bond acceptors (Lipinski definition) is 3. The molecule has 0 amide bonds. The highest BCUT2D eigenvalue weighted by molar-refractivity contribution is 6.30. The van der Waals surface area contributed by atoms with E-state index in [0.29, 0.717) is 5.69 Å². The summed E-state index contributed by atoms with van der Waals surface area (Å²) < 4.78 is 0. The van der Waals surface area contributed by atoms with Gasteiger partial charge in [0.1, 0.15) is 0 Å². The molecule has 0 spiro atoms. The first-order valence-electron chi connectivity index (χ1n) is 3.38. The van der Waals surface area contributed by atoms with Crippen molar-refractivity contribution in [1.82, 2.24) is 4.98 Å². The van der Waals surface area contributed by atoms with Gasteiger partial charge in [0.2, 0.25) is 0 Å². The van der Waals surface area contributed by atoms with Gasteiger partial charge in [-0.3, -0.25) is 0 Å². The molecule has 0 fully saturated rings. The molecule has 1 rings (SSSR count). The molecule has 0 aliphatic carbocycles. The van der Waals surface area contributed by atoms with E-state index >= 15 is 0 Å². The van der Waals surface area contributed by atoms with Gasteiger partial charge in [-0.15, -0.1) is 6.58 Å². The fourth-order valence-corrected chi connectivity index (χ4v) is 0.908. The number of aromatic nitrogens is 1. The van der Waals surface area contributed by atoms with Crippen molar-refractivity contribution in [3.8, 4) is 5.75 Å². The van der Waals surface area contributed by atoms with Crippen molar-refractivity contribution in [1.29, 1.82) is 0 Å². The summed E-state index contributed by atoms with van der Waals surface area (Å²) in [7, 11) is 0. The lowest BCUT2D eigenvalue weighted by atomic mass is 10.2. The van der Waals surface area contributed by atoms with Crippen molar-refractivity contribution in [2.45, 2.75) is 6.04 Å². The van der Waals surface area contributed by atoms with Crippen LogP contribution in [0.2, 0.25) is 5.15 Å². The summed E-state index contributed by atoms with van der Waals surface area (Å²) in [4.78, 5) is 3.86. The van der Waals surface area contributed by atoms with Gasteiger partial charge in [-0.2, -0.15) is 0 Å². The maximum Gasteiger partial charge on any atom is 0.171 e. The first-order chi connectivity index (χ1) is 5.65. The van der Waals surface area contributed by atoms with E-state index in [-0.39, 0.29) is 16.9 Å². The zero-order valence-electron chi connectivity index (χ0n) is 6.37. The highest BCUT2D eigenvalue weighted by atomic mass is 35.5. The minimum absolute atomic E-state index is 0.0447. The lowest BCUT2D eigenvalue weighted by Crippen LogP contribution is -2.08. The van der Waals surface area contributed by atoms with E-state index in [0.717, 1.165) is 0 Å². The third-order valence-corrected chi connectivity index (χ3v) is 1.72. The standard InChI is InChI=1S/C8H9ClN2O/c1-2-5(10)6-3-4-7(12)8(9)11-6/h2-5,12H,1,10H2. The number of aromatic hydroxyl groups is 1. The molecule has 3 nitrogen and oxygen atoms in total. The Morgan fingerprint density at radius 3 is 2.83 bits per heavy atom. The fourth-order valence-electron chi connectivity index (χ4n) is 0.747. The van der Waals surface area contributed by atoms with Crippen molar-refractivity contribution >= 4 is 11.6 Å². The van der Waals surface area contributed by atoms with Gasteiger partial charge in [0.05, 0.1) is 11.7 Å². The van der Waals surface area contributed by atoms with Crippen LogP contribution in [0.1, 0.15) is 11.7 Å². The molecule has 1 unspecified atom stereocenters. The lowest BCUT2D eigenvalue weighted by Gasteiger charge is -2.05. The molecule has 1 aromatic heterocycles. The van der Waals surface area contributed by atoms with Crippen molar-refractivity contribution in [3.05, 3.63) is 35.6 Å². The van der Waals surface area contributed by atoms with Crippen LogP contribution in [-0.4, -0.2) is 10.1 Å². The predicted molar refractivity (Wildman–Crippen MR) is 48.0 cm³/mol. The van der Waals surface area contributed by atoms with Gasteiger partial charge in [0.25, 0.3) is 0 Å². The molecule has 0 aromatic carbocycles. The number of rotatable bonds is 2. The Balaban J connectivity index is 3.04. The maximum atomic E-state index is 9.04. The van der Waals surface area contributed by atoms with Crippen LogP contribution in [0.5, 0.6) is 5.75 Å². The molecular formula is C8H9ClN2O. The monoisotopic (exact) mass is 184 g/mol. The Hall–Kier alpha value is -1.06. The summed E-state index contributed by atoms with van der Waals surface area (Å²) in [6, 6.07) is 2.71. The summed E-state index contributed by atoms with van der Waals surface area (Å²) >= 11 is 5.56. The Kier molecular flexibility index (Phi) is 2.68. The summed E-state index contributed by atoms with van der Waals surface area (Å²) in [5, 5.41) is 9.10. The molecule has 1 heterocycles. The second-order valence-electron chi connectivity index (χ2n) is 2.31. The average molecular weight is 185 g/mol. The summed E-state index contributed by atoms with van der Waals surface area (Å²) in [6.07, 6.45) is 1.55. The molecular weight excluding hydrogens is 176 g/mol. The van der Waals surface area contributed by atoms with Crippen molar-refractivity contribution in [2.75, 3.05) is 0 Å². The molecule has 0 saturated carbocycles. The van der Waals surface area contributed by atoms with Crippen LogP contribution in [0.3, 0.4) is 0 Å². The van der Waals surface area contributed by atoms with Crippen LogP contribution in [-0.2, 0) is 0 Å². The SMILES string of the molecule is C=CC(N)c1ccc(O)c(Cl)n1. The van der Waals surface area contributed by atoms with Crippen LogP contribution < -0.4 is 5.73 Å². The largest absolute Gasteiger partial charge is 0.505 e. The van der Waals surface area contributed by atoms with Gasteiger partial charge in [-0.05, 0) is 12.1 Å². The molecule has 0 saturated heterocycles. The predicted octanol–water partition coefficient (Wildman–Crippen LogP) is 1.63. The van der Waals surface area contributed by atoms with Gasteiger partial charge in [-0.25, -0.2) is 4.98 Å². The number of halogens is 1. The summed E-state index contributed by atoms with van der Waals surface area (Å²) in [5.74, 6) is -0.0447. The minimum atomic E-state index is -0.344. The summed E-state index contributed by atoms with van der Waals surface area (Å²) in [5.41, 5.74) is 6.18. The Morgan fingerprint density at radius 2 is 2.33 bits per heavy atom. The second-order valence-corrected chi connectivity index (χ2v) is 2.67. The molecule has 64 valence electrons. The van der Waals surface area contributed by atoms with Gasteiger partial charge >= 0.3 is 0 Å². The number of pyridine rings is 1. The lowest BCUT2D eigenvalue weighted by molar-refractivity contribution is 0.472. The molecule has 0 aliphatic heterocycles. The first kappa shape index (κ1) is 9.03. The average Bonchev–Trinajstić information content (AvgIpc) is 2.08. The highest BCUT2D eigenvalue weighted by Crippen LogP contribution is 2.22. The van der Waals surface area contributed by atoms with E-state index in [9.17, 15) is 0 Å². The van der Waals surface area contributed by atoms with Gasteiger partial charge in [-0.1, -0.05) is 17.7 Å². The van der Waals surface area contributed by atoms with E-state index in [1.807, 2.05) is 0 Å². The van der Waals surface area contributed by atoms with Crippen LogP contribution in [0.25, 0.3) is 0 Å². The molecule has 0 radical (unpaired) electrons. The topological polar surface area (TPSA) is 59.1 Å². The van der Waals surface area contributed by atoms with Gasteiger partial charge < -0.3 is 10.8 Å². The van der Waals surface area contributed by atoms with Crippen molar-refractivity contribution < 1.29 is 5.11 Å². The van der Waals surface area contributed by atoms with Crippen LogP contribution in [0, 0.1) is 0 Å². The maximum absolute atomic E-state index is 9.04. The molecule has 3 N–H and O–H groups in total. The normalized spacial score (nSPS) is 12.5. The second kappa shape index (κ2) is 3.56. The van der Waals surface area contributed by atoms with E-state index in [1.165, 1.54) is 6.07 Å². The molecule has 0 bridgehead atoms. The molecule has 4 heteroatoms. The van der Waals surface area contributed by atoms with Gasteiger partial charge in [0.15, 0.2) is 10.9 Å². The highest BCUT2D eigenvalue weighted by Gasteiger charge is 2.05. The Labute approximate surface area is 75.5 Å². The Morgan fingerprint density at radius 1 is 1.67 bits per heavy atom. The smallest absolute Gasteiger partial charge is 0.171 e. The molecule has 1 atom stereocenters. The van der Waals surface area contributed by atoms with E-state index in [1.54, 1.807) is 12.1 Å². The molecule has 12 heavy (non-hydrogen) atoms. The third-order valence-electron chi connectivity index (χ3n) is 1.45. The van der Waals surface area contributed by atoms with Crippen LogP contribution in [0.4, 0.5) is 0 Å². The van der Waals surface area contributed by atoms with Crippen LogP contribution >= 0.6 is 11.6 Å². The van der Waals surface area contributed by atoms with Gasteiger partial charge in [0, 0.05) is 0 Å². The quantitative estimate of drug-likeness (QED) is 0.543. The van der Waals surface area contributed by atoms with E-state index < -0.39 is 0 Å². The van der Waals surface area contributed by atoms with Crippen molar-refractivity contribution in [3.63, 3.8) is 0 Å². The number of hydrogen-bond donors (Lipinski definition) is 2.